The molecule has 0 aromatic carbocycles. The fourth-order valence-electron chi connectivity index (χ4n) is 2.77. The summed E-state index contributed by atoms with van der Waals surface area (Å²) in [6, 6.07) is 1.79. The molecule has 0 bridgehead atoms. The largest absolute Gasteiger partial charge is 0.480 e. The quantitative estimate of drug-likeness (QED) is 0.883. The number of aliphatic carboxylic acids is 1. The van der Waals surface area contributed by atoms with Gasteiger partial charge in [-0.25, -0.2) is 14.3 Å². The molecule has 110 valence electrons. The van der Waals surface area contributed by atoms with Crippen LogP contribution in [0.25, 0.3) is 5.65 Å². The van der Waals surface area contributed by atoms with Crippen LogP contribution in [0.5, 0.6) is 0 Å². The number of fused-ring (bicyclic) bond motifs is 1. The number of hydrogen-bond acceptors (Lipinski definition) is 4. The lowest BCUT2D eigenvalue weighted by Gasteiger charge is -2.24. The number of nitrogens with one attached hydrogen (secondary N) is 1. The maximum atomic E-state index is 12.4. The van der Waals surface area contributed by atoms with Crippen molar-refractivity contribution in [2.45, 2.75) is 38.1 Å². The van der Waals surface area contributed by atoms with Crippen LogP contribution in [0.2, 0.25) is 0 Å². The Morgan fingerprint density at radius 2 is 2.10 bits per heavy atom. The highest BCUT2D eigenvalue weighted by Gasteiger charge is 2.43. The highest BCUT2D eigenvalue weighted by atomic mass is 16.4. The van der Waals surface area contributed by atoms with E-state index in [0.717, 1.165) is 18.5 Å². The van der Waals surface area contributed by atoms with Crippen LogP contribution in [0.1, 0.15) is 41.7 Å². The van der Waals surface area contributed by atoms with E-state index in [1.165, 1.54) is 10.7 Å². The van der Waals surface area contributed by atoms with E-state index < -0.39 is 17.4 Å². The summed E-state index contributed by atoms with van der Waals surface area (Å²) >= 11 is 0. The third-order valence-electron chi connectivity index (χ3n) is 3.97. The fraction of sp³-hybridized carbons (Fsp3) is 0.429. The lowest BCUT2D eigenvalue weighted by atomic mass is 9.97. The number of amides is 1. The lowest BCUT2D eigenvalue weighted by Crippen LogP contribution is -2.52. The van der Waals surface area contributed by atoms with Gasteiger partial charge in [-0.15, -0.1) is 0 Å². The number of aromatic nitrogens is 3. The number of aryl methyl sites for hydroxylation is 1. The minimum atomic E-state index is -1.16. The molecule has 2 aromatic rings. The Bertz CT molecular complexity index is 716. The number of rotatable bonds is 3. The number of hydrogen-bond donors (Lipinski definition) is 2. The Morgan fingerprint density at radius 1 is 1.38 bits per heavy atom. The molecule has 7 heteroatoms. The molecule has 2 N–H and O–H groups in total. The summed E-state index contributed by atoms with van der Waals surface area (Å²) < 4.78 is 1.50. The van der Waals surface area contributed by atoms with Crippen molar-refractivity contribution in [1.29, 1.82) is 0 Å². The van der Waals surface area contributed by atoms with Gasteiger partial charge in [0.05, 0.1) is 6.20 Å². The minimum Gasteiger partial charge on any atom is -0.480 e. The van der Waals surface area contributed by atoms with Crippen LogP contribution < -0.4 is 5.32 Å². The highest BCUT2D eigenvalue weighted by molar-refractivity contribution is 6.02. The zero-order valence-corrected chi connectivity index (χ0v) is 11.7. The van der Waals surface area contributed by atoms with Crippen LogP contribution in [0, 0.1) is 6.92 Å². The summed E-state index contributed by atoms with van der Waals surface area (Å²) in [4.78, 5) is 28.2. The summed E-state index contributed by atoms with van der Waals surface area (Å²) in [6.45, 7) is 1.82. The van der Waals surface area contributed by atoms with E-state index in [1.807, 2.05) is 6.92 Å². The predicted molar refractivity (Wildman–Crippen MR) is 74.0 cm³/mol. The van der Waals surface area contributed by atoms with Gasteiger partial charge in [-0.05, 0) is 25.8 Å². The van der Waals surface area contributed by atoms with Crippen LogP contribution in [-0.2, 0) is 4.79 Å². The predicted octanol–water partition coefficient (Wildman–Crippen LogP) is 1.16. The molecule has 0 aliphatic heterocycles. The molecule has 21 heavy (non-hydrogen) atoms. The molecule has 1 fully saturated rings. The van der Waals surface area contributed by atoms with Gasteiger partial charge in [0, 0.05) is 11.9 Å². The molecule has 0 atom stereocenters. The van der Waals surface area contributed by atoms with Gasteiger partial charge in [-0.2, -0.15) is 5.10 Å². The van der Waals surface area contributed by atoms with E-state index in [-0.39, 0.29) is 0 Å². The van der Waals surface area contributed by atoms with Crippen molar-refractivity contribution in [3.05, 3.63) is 29.7 Å². The summed E-state index contributed by atoms with van der Waals surface area (Å²) in [5, 5.41) is 16.2. The minimum absolute atomic E-state index is 0.297. The molecule has 1 aliphatic rings. The maximum absolute atomic E-state index is 12.4. The first-order valence-corrected chi connectivity index (χ1v) is 6.89. The van der Waals surface area contributed by atoms with Gasteiger partial charge >= 0.3 is 5.97 Å². The van der Waals surface area contributed by atoms with Crippen molar-refractivity contribution >= 4 is 17.5 Å². The molecule has 3 rings (SSSR count). The van der Waals surface area contributed by atoms with Crippen LogP contribution in [0.15, 0.2) is 18.5 Å². The second-order valence-electron chi connectivity index (χ2n) is 5.44. The molecule has 1 aliphatic carbocycles. The number of carbonyl (C=O) groups excluding carboxylic acids is 1. The molecule has 7 nitrogen and oxygen atoms in total. The van der Waals surface area contributed by atoms with Crippen molar-refractivity contribution in [3.63, 3.8) is 0 Å². The Balaban J connectivity index is 1.94. The van der Waals surface area contributed by atoms with E-state index in [2.05, 4.69) is 15.4 Å². The van der Waals surface area contributed by atoms with Gasteiger partial charge in [0.15, 0.2) is 5.65 Å². The van der Waals surface area contributed by atoms with Crippen molar-refractivity contribution in [2.75, 3.05) is 0 Å². The zero-order valence-electron chi connectivity index (χ0n) is 11.7. The standard InChI is InChI=1S/C14H16N4O3/c1-9-4-7-18-11(16-9)10(8-15-18)12(19)17-14(13(20)21)5-2-3-6-14/h4,7-8H,2-3,5-6H2,1H3,(H,17,19)(H,20,21). The average Bonchev–Trinajstić information content (AvgIpc) is 3.05. The fourth-order valence-corrected chi connectivity index (χ4v) is 2.77. The number of nitrogens with zero attached hydrogens (tertiary/aromatic N) is 3. The van der Waals surface area contributed by atoms with Crippen LogP contribution >= 0.6 is 0 Å². The van der Waals surface area contributed by atoms with E-state index in [9.17, 15) is 14.7 Å². The summed E-state index contributed by atoms with van der Waals surface area (Å²) in [5.74, 6) is -1.42. The number of carboxylic acids is 1. The van der Waals surface area contributed by atoms with Crippen molar-refractivity contribution < 1.29 is 14.7 Å². The topological polar surface area (TPSA) is 96.6 Å². The van der Waals surface area contributed by atoms with Gasteiger partial charge < -0.3 is 10.4 Å². The van der Waals surface area contributed by atoms with Gasteiger partial charge in [-0.1, -0.05) is 12.8 Å². The highest BCUT2D eigenvalue weighted by Crippen LogP contribution is 2.30. The molecule has 1 saturated carbocycles. The molecule has 0 spiro atoms. The van der Waals surface area contributed by atoms with Gasteiger partial charge in [0.25, 0.3) is 5.91 Å². The van der Waals surface area contributed by atoms with Gasteiger partial charge in [0.1, 0.15) is 11.1 Å². The monoisotopic (exact) mass is 288 g/mol. The molecule has 0 saturated heterocycles. The van der Waals surface area contributed by atoms with Gasteiger partial charge in [0.2, 0.25) is 0 Å². The van der Waals surface area contributed by atoms with Crippen molar-refractivity contribution in [2.24, 2.45) is 0 Å². The Morgan fingerprint density at radius 3 is 2.76 bits per heavy atom. The second-order valence-corrected chi connectivity index (χ2v) is 5.44. The Labute approximate surface area is 121 Å². The van der Waals surface area contributed by atoms with E-state index >= 15 is 0 Å². The summed E-state index contributed by atoms with van der Waals surface area (Å²) in [7, 11) is 0. The number of carboxylic acid groups (broad SMARTS) is 1. The third kappa shape index (κ3) is 2.24. The first kappa shape index (κ1) is 13.5. The first-order chi connectivity index (χ1) is 10.0. The van der Waals surface area contributed by atoms with Crippen LogP contribution in [0.4, 0.5) is 0 Å². The molecule has 1 amide bonds. The summed E-state index contributed by atoms with van der Waals surface area (Å²) in [6.07, 6.45) is 5.66. The Hall–Kier alpha value is -2.44. The summed E-state index contributed by atoms with van der Waals surface area (Å²) in [5.41, 5.74) is 0.345. The Kier molecular flexibility index (Phi) is 3.12. The smallest absolute Gasteiger partial charge is 0.329 e. The molecule has 2 aromatic heterocycles. The molecular weight excluding hydrogens is 272 g/mol. The average molecular weight is 288 g/mol. The van der Waals surface area contributed by atoms with Crippen molar-refractivity contribution in [1.82, 2.24) is 19.9 Å². The maximum Gasteiger partial charge on any atom is 0.329 e. The zero-order chi connectivity index (χ0) is 15.0. The van der Waals surface area contributed by atoms with E-state index in [4.69, 9.17) is 0 Å². The first-order valence-electron chi connectivity index (χ1n) is 6.89. The van der Waals surface area contributed by atoms with Crippen LogP contribution in [-0.4, -0.2) is 37.1 Å². The lowest BCUT2D eigenvalue weighted by molar-refractivity contribution is -0.144. The van der Waals surface area contributed by atoms with E-state index in [0.29, 0.717) is 24.1 Å². The van der Waals surface area contributed by atoms with Crippen molar-refractivity contribution in [3.8, 4) is 0 Å². The van der Waals surface area contributed by atoms with Crippen LogP contribution in [0.3, 0.4) is 0 Å². The second kappa shape index (κ2) is 4.83. The molecule has 0 radical (unpaired) electrons. The molecule has 0 unspecified atom stereocenters. The third-order valence-corrected chi connectivity index (χ3v) is 3.97. The molecule has 2 heterocycles. The molecular formula is C14H16N4O3. The normalized spacial score (nSPS) is 17.0. The SMILES string of the molecule is Cc1ccn2ncc(C(=O)NC3(C(=O)O)CCCC3)c2n1. The van der Waals surface area contributed by atoms with Gasteiger partial charge in [-0.3, -0.25) is 4.79 Å². The number of carbonyl (C=O) groups is 2. The van der Waals surface area contributed by atoms with E-state index in [1.54, 1.807) is 12.3 Å².